The van der Waals surface area contributed by atoms with Gasteiger partial charge in [0.15, 0.2) is 0 Å². The first-order chi connectivity index (χ1) is 10.3. The summed E-state index contributed by atoms with van der Waals surface area (Å²) < 4.78 is 0. The molecule has 1 aliphatic carbocycles. The van der Waals surface area contributed by atoms with Gasteiger partial charge < -0.3 is 10.9 Å². The number of fused-ring (bicyclic) bond motifs is 1. The minimum Gasteiger partial charge on any atom is -0.409 e. The number of oxime groups is 1. The lowest BCUT2D eigenvalue weighted by atomic mass is 10.0. The first kappa shape index (κ1) is 13.9. The highest BCUT2D eigenvalue weighted by Crippen LogP contribution is 2.30. The highest BCUT2D eigenvalue weighted by Gasteiger charge is 2.29. The predicted octanol–water partition coefficient (Wildman–Crippen LogP) is 2.94. The van der Waals surface area contributed by atoms with Crippen LogP contribution < -0.4 is 5.73 Å². The van der Waals surface area contributed by atoms with E-state index in [1.165, 1.54) is 29.2 Å². The summed E-state index contributed by atoms with van der Waals surface area (Å²) in [6, 6.07) is 15.6. The second kappa shape index (κ2) is 6.14. The molecule has 4 nitrogen and oxygen atoms in total. The van der Waals surface area contributed by atoms with Gasteiger partial charge in [0, 0.05) is 25.6 Å². The molecule has 0 spiro atoms. The van der Waals surface area contributed by atoms with E-state index in [0.717, 1.165) is 13.1 Å². The Morgan fingerprint density at radius 1 is 1.19 bits per heavy atom. The molecule has 2 aromatic carbocycles. The van der Waals surface area contributed by atoms with E-state index in [9.17, 15) is 0 Å². The standard InChI is InChI=1S/C17H21N3O/c18-17(19-21)10-11-20(15-8-9-15)12-14-6-3-5-13-4-1-2-7-16(13)14/h1-7,15,21H,8-12H2,(H2,18,19). The largest absolute Gasteiger partial charge is 0.409 e. The van der Waals surface area contributed by atoms with Crippen LogP contribution in [0.1, 0.15) is 24.8 Å². The third kappa shape index (κ3) is 3.34. The van der Waals surface area contributed by atoms with E-state index in [1.54, 1.807) is 0 Å². The zero-order valence-corrected chi connectivity index (χ0v) is 12.1. The molecule has 1 aliphatic rings. The fourth-order valence-corrected chi connectivity index (χ4v) is 2.79. The Balaban J connectivity index is 1.78. The summed E-state index contributed by atoms with van der Waals surface area (Å²) in [4.78, 5) is 2.44. The molecule has 3 N–H and O–H groups in total. The second-order valence-electron chi connectivity index (χ2n) is 5.68. The molecule has 0 heterocycles. The highest BCUT2D eigenvalue weighted by atomic mass is 16.4. The van der Waals surface area contributed by atoms with Crippen molar-refractivity contribution in [1.29, 1.82) is 0 Å². The van der Waals surface area contributed by atoms with E-state index in [0.29, 0.717) is 18.3 Å². The second-order valence-corrected chi connectivity index (χ2v) is 5.68. The first-order valence-electron chi connectivity index (χ1n) is 7.45. The Bertz CT molecular complexity index is 644. The predicted molar refractivity (Wildman–Crippen MR) is 85.4 cm³/mol. The number of benzene rings is 2. The van der Waals surface area contributed by atoms with Gasteiger partial charge in [0.2, 0.25) is 0 Å². The topological polar surface area (TPSA) is 61.8 Å². The number of hydrogen-bond acceptors (Lipinski definition) is 3. The number of hydrogen-bond donors (Lipinski definition) is 2. The van der Waals surface area contributed by atoms with Crippen molar-refractivity contribution in [2.24, 2.45) is 10.9 Å². The monoisotopic (exact) mass is 283 g/mol. The minimum atomic E-state index is 0.304. The van der Waals surface area contributed by atoms with Gasteiger partial charge in [-0.05, 0) is 29.2 Å². The van der Waals surface area contributed by atoms with Crippen molar-refractivity contribution in [3.05, 3.63) is 48.0 Å². The van der Waals surface area contributed by atoms with E-state index in [-0.39, 0.29) is 0 Å². The van der Waals surface area contributed by atoms with Gasteiger partial charge in [-0.3, -0.25) is 4.90 Å². The lowest BCUT2D eigenvalue weighted by Crippen LogP contribution is -2.30. The summed E-state index contributed by atoms with van der Waals surface area (Å²) >= 11 is 0. The van der Waals surface area contributed by atoms with Crippen LogP contribution in [0.2, 0.25) is 0 Å². The molecule has 21 heavy (non-hydrogen) atoms. The summed E-state index contributed by atoms with van der Waals surface area (Å²) in [6.07, 6.45) is 3.11. The third-order valence-corrected chi connectivity index (χ3v) is 4.10. The van der Waals surface area contributed by atoms with E-state index in [4.69, 9.17) is 10.9 Å². The van der Waals surface area contributed by atoms with Crippen molar-refractivity contribution in [1.82, 2.24) is 4.90 Å². The van der Waals surface area contributed by atoms with Crippen molar-refractivity contribution in [3.8, 4) is 0 Å². The highest BCUT2D eigenvalue weighted by molar-refractivity contribution is 5.85. The molecule has 0 amide bonds. The zero-order chi connectivity index (χ0) is 14.7. The third-order valence-electron chi connectivity index (χ3n) is 4.10. The fraction of sp³-hybridized carbons (Fsp3) is 0.353. The summed E-state index contributed by atoms with van der Waals surface area (Å²) in [7, 11) is 0. The van der Waals surface area contributed by atoms with Crippen molar-refractivity contribution < 1.29 is 5.21 Å². The van der Waals surface area contributed by atoms with E-state index < -0.39 is 0 Å². The summed E-state index contributed by atoms with van der Waals surface area (Å²) in [5, 5.41) is 14.3. The van der Waals surface area contributed by atoms with Crippen LogP contribution in [-0.2, 0) is 6.54 Å². The minimum absolute atomic E-state index is 0.304. The van der Waals surface area contributed by atoms with Gasteiger partial charge in [0.05, 0.1) is 0 Å². The number of nitrogens with two attached hydrogens (primary N) is 1. The van der Waals surface area contributed by atoms with Gasteiger partial charge in [0.25, 0.3) is 0 Å². The molecule has 1 fully saturated rings. The van der Waals surface area contributed by atoms with Crippen molar-refractivity contribution in [2.75, 3.05) is 6.54 Å². The molecule has 2 aromatic rings. The zero-order valence-electron chi connectivity index (χ0n) is 12.1. The van der Waals surface area contributed by atoms with Crippen molar-refractivity contribution in [2.45, 2.75) is 31.8 Å². The molecule has 0 radical (unpaired) electrons. The Hall–Kier alpha value is -2.07. The number of nitrogens with zero attached hydrogens (tertiary/aromatic N) is 2. The van der Waals surface area contributed by atoms with Crippen LogP contribution >= 0.6 is 0 Å². The molecule has 0 aromatic heterocycles. The molecule has 3 rings (SSSR count). The maximum absolute atomic E-state index is 8.68. The summed E-state index contributed by atoms with van der Waals surface area (Å²) in [5.74, 6) is 0.304. The Morgan fingerprint density at radius 2 is 1.95 bits per heavy atom. The average Bonchev–Trinajstić information content (AvgIpc) is 3.36. The average molecular weight is 283 g/mol. The van der Waals surface area contributed by atoms with Crippen LogP contribution in [0.15, 0.2) is 47.6 Å². The molecule has 4 heteroatoms. The lowest BCUT2D eigenvalue weighted by Gasteiger charge is -2.22. The van der Waals surface area contributed by atoms with Crippen LogP contribution in [0.5, 0.6) is 0 Å². The van der Waals surface area contributed by atoms with Crippen LogP contribution in [0.25, 0.3) is 10.8 Å². The van der Waals surface area contributed by atoms with Gasteiger partial charge in [0.1, 0.15) is 5.84 Å². The molecular formula is C17H21N3O. The normalized spacial score (nSPS) is 15.8. The van der Waals surface area contributed by atoms with Crippen LogP contribution in [-0.4, -0.2) is 28.5 Å². The molecule has 0 atom stereocenters. The van der Waals surface area contributed by atoms with Gasteiger partial charge in [-0.2, -0.15) is 0 Å². The summed E-state index contributed by atoms with van der Waals surface area (Å²) in [5.41, 5.74) is 6.95. The number of amidine groups is 1. The van der Waals surface area contributed by atoms with Gasteiger partial charge in [-0.15, -0.1) is 0 Å². The SMILES string of the molecule is NC(CCN(Cc1cccc2ccccc12)C1CC1)=NO. The number of rotatable bonds is 6. The van der Waals surface area contributed by atoms with E-state index in [1.807, 2.05) is 0 Å². The van der Waals surface area contributed by atoms with Crippen molar-refractivity contribution >= 4 is 16.6 Å². The Labute approximate surface area is 124 Å². The van der Waals surface area contributed by atoms with Gasteiger partial charge >= 0.3 is 0 Å². The molecule has 0 bridgehead atoms. The molecular weight excluding hydrogens is 262 g/mol. The lowest BCUT2D eigenvalue weighted by molar-refractivity contribution is 0.260. The Morgan fingerprint density at radius 3 is 2.71 bits per heavy atom. The van der Waals surface area contributed by atoms with Crippen LogP contribution in [0.3, 0.4) is 0 Å². The maximum atomic E-state index is 8.68. The molecule has 0 saturated heterocycles. The summed E-state index contributed by atoms with van der Waals surface area (Å²) in [6.45, 7) is 1.76. The maximum Gasteiger partial charge on any atom is 0.140 e. The molecule has 110 valence electrons. The molecule has 0 unspecified atom stereocenters. The fourth-order valence-electron chi connectivity index (χ4n) is 2.79. The van der Waals surface area contributed by atoms with Gasteiger partial charge in [-0.1, -0.05) is 47.6 Å². The molecule has 1 saturated carbocycles. The Kier molecular flexibility index (Phi) is 4.06. The van der Waals surface area contributed by atoms with Gasteiger partial charge in [-0.25, -0.2) is 0 Å². The smallest absolute Gasteiger partial charge is 0.140 e. The van der Waals surface area contributed by atoms with E-state index in [2.05, 4.69) is 52.5 Å². The van der Waals surface area contributed by atoms with E-state index >= 15 is 0 Å². The van der Waals surface area contributed by atoms with Crippen molar-refractivity contribution in [3.63, 3.8) is 0 Å². The first-order valence-corrected chi connectivity index (χ1v) is 7.45. The van der Waals surface area contributed by atoms with Crippen LogP contribution in [0.4, 0.5) is 0 Å². The van der Waals surface area contributed by atoms with Crippen LogP contribution in [0, 0.1) is 0 Å². The molecule has 0 aliphatic heterocycles. The quantitative estimate of drug-likeness (QED) is 0.371.